The summed E-state index contributed by atoms with van der Waals surface area (Å²) in [6, 6.07) is 12.4. The lowest BCUT2D eigenvalue weighted by Gasteiger charge is -2.00. The van der Waals surface area contributed by atoms with Crippen molar-refractivity contribution in [1.82, 2.24) is 4.98 Å². The highest BCUT2D eigenvalue weighted by Gasteiger charge is 2.22. The average molecular weight is 217 g/mol. The molecule has 2 nitrogen and oxygen atoms in total. The van der Waals surface area contributed by atoms with Crippen LogP contribution in [-0.4, -0.2) is 23.4 Å². The minimum absolute atomic E-state index is 0.461. The first-order valence-electron chi connectivity index (χ1n) is 5.02. The summed E-state index contributed by atoms with van der Waals surface area (Å²) in [5, 5.41) is 2.29. The third-order valence-electron chi connectivity index (χ3n) is 2.39. The van der Waals surface area contributed by atoms with Gasteiger partial charge in [0, 0.05) is 11.1 Å². The van der Waals surface area contributed by atoms with E-state index in [2.05, 4.69) is 23.2 Å². The number of fused-ring (bicyclic) bond motifs is 1. The molecule has 0 spiro atoms. The van der Waals surface area contributed by atoms with E-state index in [-0.39, 0.29) is 0 Å². The summed E-state index contributed by atoms with van der Waals surface area (Å²) in [7, 11) is 0. The number of hydrogen-bond donors (Lipinski definition) is 0. The molecule has 1 atom stereocenters. The van der Waals surface area contributed by atoms with Crippen LogP contribution in [0.2, 0.25) is 0 Å². The van der Waals surface area contributed by atoms with Gasteiger partial charge in [0.15, 0.2) is 0 Å². The molecule has 0 N–H and O–H groups in total. The van der Waals surface area contributed by atoms with E-state index in [1.54, 1.807) is 11.8 Å². The minimum Gasteiger partial charge on any atom is -0.372 e. The van der Waals surface area contributed by atoms with Crippen LogP contribution in [0.25, 0.3) is 10.9 Å². The van der Waals surface area contributed by atoms with Crippen LogP contribution in [0.3, 0.4) is 0 Å². The summed E-state index contributed by atoms with van der Waals surface area (Å²) in [6.07, 6.45) is 0.461. The van der Waals surface area contributed by atoms with E-state index in [9.17, 15) is 0 Å². The van der Waals surface area contributed by atoms with Crippen LogP contribution in [0.15, 0.2) is 41.4 Å². The van der Waals surface area contributed by atoms with Crippen molar-refractivity contribution in [3.8, 4) is 0 Å². The van der Waals surface area contributed by atoms with Gasteiger partial charge in [-0.3, -0.25) is 0 Å². The third kappa shape index (κ3) is 2.13. The fraction of sp³-hybridized carbons (Fsp3) is 0.250. The van der Waals surface area contributed by atoms with Crippen molar-refractivity contribution in [2.24, 2.45) is 0 Å². The van der Waals surface area contributed by atoms with Gasteiger partial charge in [0.2, 0.25) is 0 Å². The molecule has 0 amide bonds. The Morgan fingerprint density at radius 2 is 2.13 bits per heavy atom. The molecule has 1 aliphatic heterocycles. The number of pyridine rings is 1. The Morgan fingerprint density at radius 3 is 3.00 bits per heavy atom. The van der Waals surface area contributed by atoms with Crippen LogP contribution in [0.5, 0.6) is 0 Å². The average Bonchev–Trinajstić information content (AvgIpc) is 3.10. The number of hydrogen-bond acceptors (Lipinski definition) is 3. The maximum Gasteiger partial charge on any atom is 0.0968 e. The first-order chi connectivity index (χ1) is 7.42. The highest BCUT2D eigenvalue weighted by molar-refractivity contribution is 7.99. The summed E-state index contributed by atoms with van der Waals surface area (Å²) < 4.78 is 5.17. The van der Waals surface area contributed by atoms with E-state index in [1.807, 2.05) is 18.2 Å². The summed E-state index contributed by atoms with van der Waals surface area (Å²) in [5.74, 6) is 1.02. The van der Waals surface area contributed by atoms with Gasteiger partial charge in [0.1, 0.15) is 0 Å². The highest BCUT2D eigenvalue weighted by atomic mass is 32.2. The smallest absolute Gasteiger partial charge is 0.0968 e. The Morgan fingerprint density at radius 1 is 1.27 bits per heavy atom. The number of rotatable bonds is 3. The van der Waals surface area contributed by atoms with Crippen molar-refractivity contribution in [1.29, 1.82) is 0 Å². The van der Waals surface area contributed by atoms with E-state index in [4.69, 9.17) is 4.74 Å². The number of thioether (sulfide) groups is 1. The fourth-order valence-corrected chi connectivity index (χ4v) is 2.35. The standard InChI is InChI=1S/C12H11NOS/c1-2-4-11-9(3-1)5-6-12(13-11)15-8-10-7-14-10/h1-6,10H,7-8H2. The second kappa shape index (κ2) is 3.83. The third-order valence-corrected chi connectivity index (χ3v) is 3.45. The molecule has 76 valence electrons. The van der Waals surface area contributed by atoms with Gasteiger partial charge in [-0.2, -0.15) is 0 Å². The quantitative estimate of drug-likeness (QED) is 0.584. The topological polar surface area (TPSA) is 25.4 Å². The molecule has 1 aromatic carbocycles. The van der Waals surface area contributed by atoms with Crippen LogP contribution in [-0.2, 0) is 4.74 Å². The van der Waals surface area contributed by atoms with Gasteiger partial charge < -0.3 is 4.74 Å². The Balaban J connectivity index is 1.84. The molecule has 2 heterocycles. The lowest BCUT2D eigenvalue weighted by Crippen LogP contribution is -1.90. The first kappa shape index (κ1) is 9.19. The van der Waals surface area contributed by atoms with Gasteiger partial charge in [-0.25, -0.2) is 4.98 Å². The van der Waals surface area contributed by atoms with Crippen LogP contribution in [0.4, 0.5) is 0 Å². The van der Waals surface area contributed by atoms with Gasteiger partial charge in [-0.1, -0.05) is 24.3 Å². The molecule has 1 aromatic heterocycles. The first-order valence-corrected chi connectivity index (χ1v) is 6.00. The maximum atomic E-state index is 5.17. The van der Waals surface area contributed by atoms with Crippen LogP contribution >= 0.6 is 11.8 Å². The van der Waals surface area contributed by atoms with Crippen molar-refractivity contribution in [2.45, 2.75) is 11.1 Å². The van der Waals surface area contributed by atoms with Crippen LogP contribution < -0.4 is 0 Å². The molecule has 0 bridgehead atoms. The van der Waals surface area contributed by atoms with E-state index in [0.717, 1.165) is 22.9 Å². The van der Waals surface area contributed by atoms with Gasteiger partial charge in [0.25, 0.3) is 0 Å². The molecule has 15 heavy (non-hydrogen) atoms. The molecule has 3 heteroatoms. The molecular formula is C12H11NOS. The SMILES string of the molecule is c1ccc2nc(SCC3CO3)ccc2c1. The summed E-state index contributed by atoms with van der Waals surface area (Å²) in [4.78, 5) is 4.58. The predicted octanol–water partition coefficient (Wildman–Crippen LogP) is 2.73. The van der Waals surface area contributed by atoms with Crippen molar-refractivity contribution in [3.05, 3.63) is 36.4 Å². The number of epoxide rings is 1. The van der Waals surface area contributed by atoms with Crippen molar-refractivity contribution < 1.29 is 4.74 Å². The second-order valence-corrected chi connectivity index (χ2v) is 4.65. The predicted molar refractivity (Wildman–Crippen MR) is 62.2 cm³/mol. The lowest BCUT2D eigenvalue weighted by atomic mass is 10.2. The van der Waals surface area contributed by atoms with Gasteiger partial charge >= 0.3 is 0 Å². The minimum atomic E-state index is 0.461. The van der Waals surface area contributed by atoms with Gasteiger partial charge in [-0.15, -0.1) is 11.8 Å². The van der Waals surface area contributed by atoms with Crippen molar-refractivity contribution in [3.63, 3.8) is 0 Å². The zero-order valence-electron chi connectivity index (χ0n) is 8.22. The van der Waals surface area contributed by atoms with Crippen LogP contribution in [0, 0.1) is 0 Å². The molecule has 1 aliphatic rings. The molecule has 1 saturated heterocycles. The number of ether oxygens (including phenoxy) is 1. The molecule has 2 aromatic rings. The molecule has 3 rings (SSSR count). The molecule has 0 aliphatic carbocycles. The van der Waals surface area contributed by atoms with Crippen molar-refractivity contribution >= 4 is 22.7 Å². The summed E-state index contributed by atoms with van der Waals surface area (Å²) in [5.41, 5.74) is 1.07. The Hall–Kier alpha value is -1.06. The Kier molecular flexibility index (Phi) is 2.35. The van der Waals surface area contributed by atoms with E-state index in [1.165, 1.54) is 5.39 Å². The second-order valence-electron chi connectivity index (χ2n) is 3.61. The largest absolute Gasteiger partial charge is 0.372 e. The number of aromatic nitrogens is 1. The fourth-order valence-electron chi connectivity index (χ4n) is 1.47. The molecule has 1 fully saturated rings. The molecule has 1 unspecified atom stereocenters. The monoisotopic (exact) mass is 217 g/mol. The van der Waals surface area contributed by atoms with E-state index >= 15 is 0 Å². The van der Waals surface area contributed by atoms with Crippen LogP contribution in [0.1, 0.15) is 0 Å². The number of nitrogens with zero attached hydrogens (tertiary/aromatic N) is 1. The Bertz CT molecular complexity index is 482. The lowest BCUT2D eigenvalue weighted by molar-refractivity contribution is 0.426. The van der Waals surface area contributed by atoms with E-state index in [0.29, 0.717) is 6.10 Å². The van der Waals surface area contributed by atoms with Crippen molar-refractivity contribution in [2.75, 3.05) is 12.4 Å². The number of benzene rings is 1. The molecule has 0 saturated carbocycles. The highest BCUT2D eigenvalue weighted by Crippen LogP contribution is 2.24. The normalized spacial score (nSPS) is 19.3. The Labute approximate surface area is 92.7 Å². The maximum absolute atomic E-state index is 5.17. The summed E-state index contributed by atoms with van der Waals surface area (Å²) in [6.45, 7) is 0.917. The zero-order chi connectivity index (χ0) is 10.1. The van der Waals surface area contributed by atoms with Gasteiger partial charge in [-0.05, 0) is 12.1 Å². The summed E-state index contributed by atoms with van der Waals surface area (Å²) >= 11 is 1.77. The molecule has 0 radical (unpaired) electrons. The molecular weight excluding hydrogens is 206 g/mol. The van der Waals surface area contributed by atoms with E-state index < -0.39 is 0 Å². The number of para-hydroxylation sites is 1. The van der Waals surface area contributed by atoms with Gasteiger partial charge in [0.05, 0.1) is 23.3 Å². The zero-order valence-corrected chi connectivity index (χ0v) is 9.04.